The SMILES string of the molecule is CCCCCCCC[N+]1c2ccc(-c3ccccc3)cc2Sc2cc(-c3ccccc3)ccc21. The van der Waals surface area contributed by atoms with Gasteiger partial charge in [-0.2, -0.15) is 0 Å². The predicted octanol–water partition coefficient (Wildman–Crippen LogP) is 9.95. The summed E-state index contributed by atoms with van der Waals surface area (Å²) in [6.45, 7) is 3.36. The van der Waals surface area contributed by atoms with Crippen molar-refractivity contribution in [2.24, 2.45) is 0 Å². The maximum atomic E-state index is 2.56. The van der Waals surface area contributed by atoms with E-state index in [1.807, 2.05) is 11.8 Å². The van der Waals surface area contributed by atoms with Gasteiger partial charge in [0.05, 0.1) is 9.79 Å². The van der Waals surface area contributed by atoms with E-state index in [1.165, 1.54) is 81.9 Å². The molecule has 1 nitrogen and oxygen atoms in total. The highest BCUT2D eigenvalue weighted by Gasteiger charge is 2.34. The summed E-state index contributed by atoms with van der Waals surface area (Å²) in [5.74, 6) is 0. The van der Waals surface area contributed by atoms with Crippen LogP contribution < -0.4 is 4.90 Å². The van der Waals surface area contributed by atoms with Gasteiger partial charge < -0.3 is 0 Å². The van der Waals surface area contributed by atoms with Crippen LogP contribution in [0.5, 0.6) is 0 Å². The first-order valence-corrected chi connectivity index (χ1v) is 13.5. The first kappa shape index (κ1) is 23.0. The molecule has 4 aromatic carbocycles. The Morgan fingerprint density at radius 1 is 0.529 bits per heavy atom. The second-order valence-electron chi connectivity index (χ2n) is 9.12. The number of benzene rings is 4. The lowest BCUT2D eigenvalue weighted by molar-refractivity contribution is 0.558. The molecule has 5 rings (SSSR count). The largest absolute Gasteiger partial charge is 0.200 e. The summed E-state index contributed by atoms with van der Waals surface area (Å²) in [4.78, 5) is 5.26. The monoisotopic (exact) mass is 463 g/mol. The molecule has 0 unspecified atom stereocenters. The molecular weight excluding hydrogens is 430 g/mol. The minimum Gasteiger partial charge on any atom is -0.0951 e. The molecule has 0 amide bonds. The minimum atomic E-state index is 1.07. The summed E-state index contributed by atoms with van der Waals surface area (Å²) in [5.41, 5.74) is 7.81. The lowest BCUT2D eigenvalue weighted by Gasteiger charge is -2.22. The van der Waals surface area contributed by atoms with Gasteiger partial charge in [-0.1, -0.05) is 110 Å². The molecule has 0 aliphatic carbocycles. The Balaban J connectivity index is 1.46. The second-order valence-corrected chi connectivity index (χ2v) is 10.2. The van der Waals surface area contributed by atoms with Gasteiger partial charge in [-0.3, -0.25) is 0 Å². The Bertz CT molecular complexity index is 1130. The summed E-state index contributed by atoms with van der Waals surface area (Å²) in [6.07, 6.45) is 7.90. The molecule has 0 spiro atoms. The van der Waals surface area contributed by atoms with E-state index in [0.29, 0.717) is 0 Å². The second kappa shape index (κ2) is 11.1. The van der Waals surface area contributed by atoms with Gasteiger partial charge in [0.1, 0.15) is 6.54 Å². The van der Waals surface area contributed by atoms with Crippen LogP contribution in [-0.2, 0) is 0 Å². The fraction of sp³-hybridized carbons (Fsp3) is 0.250. The highest BCUT2D eigenvalue weighted by molar-refractivity contribution is 7.99. The van der Waals surface area contributed by atoms with Crippen LogP contribution >= 0.6 is 11.8 Å². The lowest BCUT2D eigenvalue weighted by atomic mass is 10.0. The Hall–Kier alpha value is -2.81. The van der Waals surface area contributed by atoms with Crippen LogP contribution in [0.15, 0.2) is 107 Å². The molecule has 0 saturated heterocycles. The van der Waals surface area contributed by atoms with Crippen LogP contribution in [0.2, 0.25) is 0 Å². The number of hydrogen-bond acceptors (Lipinski definition) is 2. The van der Waals surface area contributed by atoms with Crippen LogP contribution in [-0.4, -0.2) is 6.54 Å². The zero-order chi connectivity index (χ0) is 23.2. The van der Waals surface area contributed by atoms with Crippen molar-refractivity contribution in [3.8, 4) is 22.3 Å². The molecule has 0 bridgehead atoms. The Morgan fingerprint density at radius 2 is 1.03 bits per heavy atom. The van der Waals surface area contributed by atoms with E-state index in [2.05, 4.69) is 109 Å². The van der Waals surface area contributed by atoms with Gasteiger partial charge in [0, 0.05) is 18.6 Å². The normalized spacial score (nSPS) is 12.9. The molecule has 0 N–H and O–H groups in total. The third kappa shape index (κ3) is 5.14. The lowest BCUT2D eigenvalue weighted by Crippen LogP contribution is -2.23. The molecule has 34 heavy (non-hydrogen) atoms. The average molecular weight is 464 g/mol. The van der Waals surface area contributed by atoms with Crippen molar-refractivity contribution in [1.29, 1.82) is 0 Å². The van der Waals surface area contributed by atoms with Crippen LogP contribution in [0.25, 0.3) is 22.3 Å². The Morgan fingerprint density at radius 3 is 1.56 bits per heavy atom. The first-order chi connectivity index (χ1) is 16.8. The summed E-state index contributed by atoms with van der Waals surface area (Å²) in [5, 5.41) is 0. The third-order valence-electron chi connectivity index (χ3n) is 6.67. The van der Waals surface area contributed by atoms with Gasteiger partial charge >= 0.3 is 0 Å². The van der Waals surface area contributed by atoms with Gasteiger partial charge in [0.2, 0.25) is 11.4 Å². The molecule has 2 heteroatoms. The summed E-state index contributed by atoms with van der Waals surface area (Å²) < 4.78 is 0. The Labute approximate surface area is 208 Å². The number of hydrogen-bond donors (Lipinski definition) is 0. The molecule has 0 atom stereocenters. The minimum absolute atomic E-state index is 1.07. The van der Waals surface area contributed by atoms with Crippen molar-refractivity contribution in [3.63, 3.8) is 0 Å². The number of rotatable bonds is 9. The molecule has 4 aromatic rings. The fourth-order valence-electron chi connectivity index (χ4n) is 4.80. The number of anilines is 2. The van der Waals surface area contributed by atoms with E-state index in [-0.39, 0.29) is 0 Å². The standard InChI is InChI=1S/C32H33NS/c1-2-3-4-5-6-13-22-33-29-20-18-27(25-14-9-7-10-15-25)23-31(29)34-32-24-28(19-21-30(32)33)26-16-11-8-12-17-26/h7-12,14-21,23-24H,2-6,13,22H2,1H3/q+1. The van der Waals surface area contributed by atoms with Crippen molar-refractivity contribution in [1.82, 2.24) is 4.90 Å². The van der Waals surface area contributed by atoms with Gasteiger partial charge in [0.25, 0.3) is 0 Å². The van der Waals surface area contributed by atoms with E-state index in [4.69, 9.17) is 0 Å². The van der Waals surface area contributed by atoms with Gasteiger partial charge in [-0.05, 0) is 52.9 Å². The van der Waals surface area contributed by atoms with Crippen LogP contribution in [0, 0.1) is 0 Å². The van der Waals surface area contributed by atoms with Crippen molar-refractivity contribution < 1.29 is 0 Å². The number of nitrogens with zero attached hydrogens (tertiary/aromatic N) is 1. The highest BCUT2D eigenvalue weighted by atomic mass is 32.2. The zero-order valence-electron chi connectivity index (χ0n) is 20.0. The Kier molecular flexibility index (Phi) is 7.48. The first-order valence-electron chi connectivity index (χ1n) is 12.7. The topological polar surface area (TPSA) is 5.90 Å². The zero-order valence-corrected chi connectivity index (χ0v) is 20.9. The van der Waals surface area contributed by atoms with E-state index in [9.17, 15) is 0 Å². The number of unbranched alkanes of at least 4 members (excludes halogenated alkanes) is 5. The predicted molar refractivity (Wildman–Crippen MR) is 148 cm³/mol. The summed E-state index contributed by atoms with van der Waals surface area (Å²) in [6, 6.07) is 35.4. The molecule has 1 aliphatic rings. The molecular formula is C32H33NS+. The molecule has 0 fully saturated rings. The fourth-order valence-corrected chi connectivity index (χ4v) is 5.97. The third-order valence-corrected chi connectivity index (χ3v) is 7.76. The van der Waals surface area contributed by atoms with Crippen molar-refractivity contribution >= 4 is 23.1 Å². The van der Waals surface area contributed by atoms with E-state index >= 15 is 0 Å². The molecule has 1 aliphatic heterocycles. The maximum absolute atomic E-state index is 2.56. The van der Waals surface area contributed by atoms with E-state index in [1.54, 1.807) is 0 Å². The average Bonchev–Trinajstić information content (AvgIpc) is 2.90. The molecule has 171 valence electrons. The smallest absolute Gasteiger partial charge is 0.0951 e. The molecule has 1 heterocycles. The van der Waals surface area contributed by atoms with E-state index in [0.717, 1.165) is 6.54 Å². The number of fused-ring (bicyclic) bond motifs is 2. The van der Waals surface area contributed by atoms with Crippen molar-refractivity contribution in [3.05, 3.63) is 97.1 Å². The van der Waals surface area contributed by atoms with Gasteiger partial charge in [-0.15, -0.1) is 0 Å². The quantitative estimate of drug-likeness (QED) is 0.177. The summed E-state index contributed by atoms with van der Waals surface area (Å²) >= 11 is 1.91. The molecule has 0 saturated carbocycles. The molecule has 1 radical (unpaired) electrons. The van der Waals surface area contributed by atoms with Gasteiger partial charge in [0.15, 0.2) is 0 Å². The van der Waals surface area contributed by atoms with Crippen LogP contribution in [0.3, 0.4) is 0 Å². The highest BCUT2D eigenvalue weighted by Crippen LogP contribution is 2.50. The van der Waals surface area contributed by atoms with Gasteiger partial charge in [-0.25, -0.2) is 0 Å². The van der Waals surface area contributed by atoms with Crippen molar-refractivity contribution in [2.45, 2.75) is 55.2 Å². The van der Waals surface area contributed by atoms with E-state index < -0.39 is 0 Å². The summed E-state index contributed by atoms with van der Waals surface area (Å²) in [7, 11) is 0. The maximum Gasteiger partial charge on any atom is 0.200 e. The molecule has 0 aromatic heterocycles. The van der Waals surface area contributed by atoms with Crippen molar-refractivity contribution in [2.75, 3.05) is 6.54 Å². The van der Waals surface area contributed by atoms with Crippen LogP contribution in [0.1, 0.15) is 45.4 Å². The van der Waals surface area contributed by atoms with Crippen LogP contribution in [0.4, 0.5) is 11.4 Å².